The number of unbranched alkanes of at least 4 members (excludes halogenated alkanes) is 1. The fourth-order valence-electron chi connectivity index (χ4n) is 3.00. The smallest absolute Gasteiger partial charge is 0.308 e. The molecule has 1 aliphatic rings. The predicted octanol–water partition coefficient (Wildman–Crippen LogP) is 1.75. The maximum Gasteiger partial charge on any atom is 0.308 e. The van der Waals surface area contributed by atoms with Crippen LogP contribution in [-0.2, 0) is 23.9 Å². The molecule has 1 atom stereocenters. The molecule has 0 bridgehead atoms. The summed E-state index contributed by atoms with van der Waals surface area (Å²) in [7, 11) is 0. The molecule has 1 fully saturated rings. The van der Waals surface area contributed by atoms with Crippen molar-refractivity contribution in [3.63, 3.8) is 0 Å². The van der Waals surface area contributed by atoms with Gasteiger partial charge in [-0.2, -0.15) is 0 Å². The van der Waals surface area contributed by atoms with Crippen LogP contribution in [0.25, 0.3) is 0 Å². The van der Waals surface area contributed by atoms with E-state index in [0.29, 0.717) is 31.1 Å². The van der Waals surface area contributed by atoms with E-state index in [2.05, 4.69) is 16.0 Å². The minimum Gasteiger partial charge on any atom is -0.466 e. The molecular weight excluding hydrogens is 400 g/mol. The quantitative estimate of drug-likeness (QED) is 0.383. The van der Waals surface area contributed by atoms with Crippen molar-refractivity contribution in [1.82, 2.24) is 10.2 Å². The lowest BCUT2D eigenvalue weighted by Gasteiger charge is -2.34. The van der Waals surface area contributed by atoms with Gasteiger partial charge in [0.05, 0.1) is 19.6 Å². The summed E-state index contributed by atoms with van der Waals surface area (Å²) in [6.07, 6.45) is 1.50. The summed E-state index contributed by atoms with van der Waals surface area (Å²) in [5.41, 5.74) is 1.37. The molecule has 1 aromatic rings. The second-order valence-corrected chi connectivity index (χ2v) is 7.75. The summed E-state index contributed by atoms with van der Waals surface area (Å²) >= 11 is 0. The number of hydrogen-bond donors (Lipinski definition) is 3. The van der Waals surface area contributed by atoms with Crippen LogP contribution in [0, 0.1) is 5.92 Å². The summed E-state index contributed by atoms with van der Waals surface area (Å²) in [5.74, 6) is -1.30. The van der Waals surface area contributed by atoms with E-state index in [1.165, 1.54) is 4.90 Å². The lowest BCUT2D eigenvalue weighted by atomic mass is 10.1. The number of benzene rings is 1. The van der Waals surface area contributed by atoms with Crippen molar-refractivity contribution in [2.75, 3.05) is 36.9 Å². The van der Waals surface area contributed by atoms with Crippen LogP contribution < -0.4 is 16.0 Å². The van der Waals surface area contributed by atoms with Crippen LogP contribution in [0.3, 0.4) is 0 Å². The minimum absolute atomic E-state index is 0.0215. The molecule has 3 amide bonds. The number of rotatable bonds is 10. The highest BCUT2D eigenvalue weighted by Crippen LogP contribution is 2.15. The number of esters is 1. The normalized spacial score (nSPS) is 15.9. The van der Waals surface area contributed by atoms with Gasteiger partial charge in [-0.05, 0) is 30.7 Å². The van der Waals surface area contributed by atoms with Crippen LogP contribution in [0.15, 0.2) is 24.3 Å². The largest absolute Gasteiger partial charge is 0.466 e. The van der Waals surface area contributed by atoms with Crippen molar-refractivity contribution >= 4 is 35.1 Å². The van der Waals surface area contributed by atoms with E-state index in [1.54, 1.807) is 24.3 Å². The highest BCUT2D eigenvalue weighted by atomic mass is 16.5. The molecule has 9 nitrogen and oxygen atoms in total. The molecule has 0 saturated carbocycles. The molecule has 0 spiro atoms. The second kappa shape index (κ2) is 11.9. The third-order valence-corrected chi connectivity index (χ3v) is 4.89. The summed E-state index contributed by atoms with van der Waals surface area (Å²) in [6, 6.07) is 6.14. The van der Waals surface area contributed by atoms with Crippen molar-refractivity contribution in [2.24, 2.45) is 5.92 Å². The number of carbonyl (C=O) groups excluding carboxylic acids is 4. The molecule has 1 heterocycles. The Morgan fingerprint density at radius 1 is 1.19 bits per heavy atom. The zero-order chi connectivity index (χ0) is 22.8. The van der Waals surface area contributed by atoms with Gasteiger partial charge in [0.2, 0.25) is 17.7 Å². The second-order valence-electron chi connectivity index (χ2n) is 7.75. The minimum atomic E-state index is -0.870. The number of nitrogens with one attached hydrogen (secondary N) is 3. The highest BCUT2D eigenvalue weighted by molar-refractivity contribution is 5.93. The average molecular weight is 433 g/mol. The number of hydrogen-bond acceptors (Lipinski definition) is 6. The Labute approximate surface area is 182 Å². The van der Waals surface area contributed by atoms with Gasteiger partial charge in [0.1, 0.15) is 6.04 Å². The van der Waals surface area contributed by atoms with Gasteiger partial charge in [-0.15, -0.1) is 0 Å². The lowest BCUT2D eigenvalue weighted by molar-refractivity contribution is -0.151. The van der Waals surface area contributed by atoms with Crippen LogP contribution in [0.1, 0.15) is 40.0 Å². The first kappa shape index (κ1) is 24.2. The van der Waals surface area contributed by atoms with Crippen molar-refractivity contribution in [3.8, 4) is 0 Å². The Balaban J connectivity index is 1.90. The van der Waals surface area contributed by atoms with E-state index >= 15 is 0 Å². The molecule has 1 saturated heterocycles. The molecule has 0 radical (unpaired) electrons. The van der Waals surface area contributed by atoms with Crippen molar-refractivity contribution < 1.29 is 23.9 Å². The Hall–Kier alpha value is -3.10. The molecule has 2 rings (SSSR count). The number of piperazine rings is 1. The highest BCUT2D eigenvalue weighted by Gasteiger charge is 2.34. The summed E-state index contributed by atoms with van der Waals surface area (Å²) in [5, 5.41) is 8.52. The summed E-state index contributed by atoms with van der Waals surface area (Å²) < 4.78 is 5.14. The van der Waals surface area contributed by atoms with Gasteiger partial charge >= 0.3 is 5.97 Å². The van der Waals surface area contributed by atoms with Crippen LogP contribution in [0.4, 0.5) is 11.4 Å². The maximum absolute atomic E-state index is 12.7. The Morgan fingerprint density at radius 2 is 1.87 bits per heavy atom. The molecule has 1 unspecified atom stereocenters. The maximum atomic E-state index is 12.7. The number of carbonyl (C=O) groups is 4. The van der Waals surface area contributed by atoms with Crippen LogP contribution in [-0.4, -0.2) is 60.9 Å². The molecule has 1 aromatic carbocycles. The van der Waals surface area contributed by atoms with E-state index in [4.69, 9.17) is 4.74 Å². The topological polar surface area (TPSA) is 117 Å². The van der Waals surface area contributed by atoms with E-state index in [1.807, 2.05) is 20.8 Å². The molecule has 3 N–H and O–H groups in total. The Bertz CT molecular complexity index is 779. The van der Waals surface area contributed by atoms with Crippen LogP contribution in [0.2, 0.25) is 0 Å². The van der Waals surface area contributed by atoms with Gasteiger partial charge in [-0.1, -0.05) is 27.2 Å². The monoisotopic (exact) mass is 432 g/mol. The van der Waals surface area contributed by atoms with Crippen LogP contribution in [0.5, 0.6) is 0 Å². The molecule has 170 valence electrons. The molecular formula is C22H32N4O5. The number of anilines is 2. The lowest BCUT2D eigenvalue weighted by Crippen LogP contribution is -2.58. The first-order valence-corrected chi connectivity index (χ1v) is 10.7. The summed E-state index contributed by atoms with van der Waals surface area (Å²) in [6.45, 7) is 6.59. The molecule has 1 aliphatic heterocycles. The SMILES string of the molecule is CCCCOC(=O)CC1C(=O)NCCN1C(=O)CNc1ccc(NC(=O)C(C)C)cc1. The third kappa shape index (κ3) is 7.58. The van der Waals surface area contributed by atoms with Gasteiger partial charge in [0.15, 0.2) is 0 Å². The van der Waals surface area contributed by atoms with Crippen LogP contribution >= 0.6 is 0 Å². The first-order chi connectivity index (χ1) is 14.8. The number of nitrogens with zero attached hydrogens (tertiary/aromatic N) is 1. The molecule has 0 aliphatic carbocycles. The van der Waals surface area contributed by atoms with Gasteiger partial charge in [-0.3, -0.25) is 19.2 Å². The Kier molecular flexibility index (Phi) is 9.30. The van der Waals surface area contributed by atoms with Crippen molar-refractivity contribution in [1.29, 1.82) is 0 Å². The van der Waals surface area contributed by atoms with Gasteiger partial charge in [0, 0.05) is 30.4 Å². The molecule has 9 heteroatoms. The standard InChI is InChI=1S/C22H32N4O5/c1-4-5-12-31-20(28)13-18-22(30)23-10-11-26(18)19(27)14-24-16-6-8-17(9-7-16)25-21(29)15(2)3/h6-9,15,18,24H,4-5,10-14H2,1-3H3,(H,23,30)(H,25,29). The van der Waals surface area contributed by atoms with Gasteiger partial charge in [0.25, 0.3) is 0 Å². The van der Waals surface area contributed by atoms with E-state index < -0.39 is 12.0 Å². The van der Waals surface area contributed by atoms with E-state index in [-0.39, 0.29) is 36.6 Å². The first-order valence-electron chi connectivity index (χ1n) is 10.7. The fraction of sp³-hybridized carbons (Fsp3) is 0.545. The third-order valence-electron chi connectivity index (χ3n) is 4.89. The van der Waals surface area contributed by atoms with Crippen molar-refractivity contribution in [2.45, 2.75) is 46.1 Å². The zero-order valence-electron chi connectivity index (χ0n) is 18.4. The Morgan fingerprint density at radius 3 is 2.52 bits per heavy atom. The van der Waals surface area contributed by atoms with Gasteiger partial charge < -0.3 is 25.6 Å². The predicted molar refractivity (Wildman–Crippen MR) is 117 cm³/mol. The summed E-state index contributed by atoms with van der Waals surface area (Å²) in [4.78, 5) is 50.2. The molecule has 31 heavy (non-hydrogen) atoms. The zero-order valence-corrected chi connectivity index (χ0v) is 18.4. The average Bonchev–Trinajstić information content (AvgIpc) is 2.74. The number of amides is 3. The van der Waals surface area contributed by atoms with Gasteiger partial charge in [-0.25, -0.2) is 0 Å². The van der Waals surface area contributed by atoms with E-state index in [0.717, 1.165) is 12.8 Å². The number of ether oxygens (including phenoxy) is 1. The fourth-order valence-corrected chi connectivity index (χ4v) is 3.00. The van der Waals surface area contributed by atoms with E-state index in [9.17, 15) is 19.2 Å². The molecule has 0 aromatic heterocycles. The van der Waals surface area contributed by atoms with Crippen molar-refractivity contribution in [3.05, 3.63) is 24.3 Å².